The Hall–Kier alpha value is -0.650. The number of carbonyl (C=O) groups excluding carboxylic acids is 3. The van der Waals surface area contributed by atoms with Crippen LogP contribution in [-0.4, -0.2) is 47.4 Å². The summed E-state index contributed by atoms with van der Waals surface area (Å²) >= 11 is 0. The van der Waals surface area contributed by atoms with Crippen molar-refractivity contribution in [3.63, 3.8) is 0 Å². The molecule has 1 aliphatic rings. The molecule has 0 atom stereocenters. The van der Waals surface area contributed by atoms with E-state index < -0.39 is 23.8 Å². The van der Waals surface area contributed by atoms with Crippen LogP contribution < -0.4 is 10.6 Å². The second kappa shape index (κ2) is 5.16. The molecule has 0 aromatic heterocycles. The minimum atomic E-state index is -0.819. The Labute approximate surface area is 97.2 Å². The third kappa shape index (κ3) is 2.95. The summed E-state index contributed by atoms with van der Waals surface area (Å²) in [6.07, 6.45) is 1.70. The predicted octanol–water partition coefficient (Wildman–Crippen LogP) is -1.10. The molecule has 6 heteroatoms. The van der Waals surface area contributed by atoms with Gasteiger partial charge < -0.3 is 0 Å². The SMILES string of the molecule is C=CCC1C(=O)NC(=O)NC1=O.[NaH]. The van der Waals surface area contributed by atoms with E-state index in [2.05, 4.69) is 6.58 Å². The van der Waals surface area contributed by atoms with Crippen LogP contribution in [0.5, 0.6) is 0 Å². The number of hydrogen-bond donors (Lipinski definition) is 2. The predicted molar refractivity (Wildman–Crippen MR) is 47.1 cm³/mol. The molecule has 4 amide bonds. The first-order valence-corrected chi connectivity index (χ1v) is 3.41. The number of imide groups is 2. The van der Waals surface area contributed by atoms with Gasteiger partial charge >= 0.3 is 35.6 Å². The van der Waals surface area contributed by atoms with E-state index in [1.807, 2.05) is 10.6 Å². The average Bonchev–Trinajstić information content (AvgIpc) is 1.96. The molecule has 1 heterocycles. The van der Waals surface area contributed by atoms with Crippen LogP contribution in [0.4, 0.5) is 4.79 Å². The van der Waals surface area contributed by atoms with Crippen molar-refractivity contribution in [2.45, 2.75) is 6.42 Å². The summed E-state index contributed by atoms with van der Waals surface area (Å²) in [5, 5.41) is 3.97. The number of allylic oxidation sites excluding steroid dienone is 1. The Bertz CT molecular complexity index is 244. The van der Waals surface area contributed by atoms with Gasteiger partial charge in [0.15, 0.2) is 0 Å². The quantitative estimate of drug-likeness (QED) is 0.331. The van der Waals surface area contributed by atoms with Crippen LogP contribution >= 0.6 is 0 Å². The molecule has 0 bridgehead atoms. The van der Waals surface area contributed by atoms with E-state index in [1.165, 1.54) is 6.08 Å². The van der Waals surface area contributed by atoms with Crippen LogP contribution in [0, 0.1) is 5.92 Å². The second-order valence-electron chi connectivity index (χ2n) is 2.38. The van der Waals surface area contributed by atoms with Gasteiger partial charge in [-0.05, 0) is 6.42 Å². The van der Waals surface area contributed by atoms with Gasteiger partial charge in [-0.3, -0.25) is 20.2 Å². The monoisotopic (exact) mass is 192 g/mol. The molecule has 66 valence electrons. The van der Waals surface area contributed by atoms with Gasteiger partial charge in [0.2, 0.25) is 11.8 Å². The van der Waals surface area contributed by atoms with Crippen LogP contribution in [0.2, 0.25) is 0 Å². The van der Waals surface area contributed by atoms with Crippen LogP contribution in [-0.2, 0) is 9.59 Å². The zero-order valence-electron chi connectivity index (χ0n) is 6.29. The van der Waals surface area contributed by atoms with Gasteiger partial charge in [-0.25, -0.2) is 4.79 Å². The van der Waals surface area contributed by atoms with Crippen molar-refractivity contribution in [3.8, 4) is 0 Å². The molecule has 0 unspecified atom stereocenters. The van der Waals surface area contributed by atoms with Gasteiger partial charge in [0.1, 0.15) is 5.92 Å². The Morgan fingerprint density at radius 3 is 2.08 bits per heavy atom. The standard InChI is InChI=1S/C7H8N2O3.Na.H/c1-2-3-4-5(10)8-7(12)9-6(4)11;;/h2,4H,1,3H2,(H2,8,9,10,11,12);;. The summed E-state index contributed by atoms with van der Waals surface area (Å²) in [6.45, 7) is 3.40. The van der Waals surface area contributed by atoms with E-state index in [1.54, 1.807) is 0 Å². The number of amides is 4. The maximum atomic E-state index is 11.0. The first-order valence-electron chi connectivity index (χ1n) is 3.41. The molecule has 0 radical (unpaired) electrons. The third-order valence-electron chi connectivity index (χ3n) is 1.51. The van der Waals surface area contributed by atoms with Gasteiger partial charge in [0.05, 0.1) is 0 Å². The molecule has 2 N–H and O–H groups in total. The number of nitrogens with one attached hydrogen (secondary N) is 2. The normalized spacial score (nSPS) is 17.1. The van der Waals surface area contributed by atoms with Crippen LogP contribution in [0.15, 0.2) is 12.7 Å². The first-order chi connectivity index (χ1) is 5.65. The van der Waals surface area contributed by atoms with Crippen molar-refractivity contribution in [1.29, 1.82) is 0 Å². The summed E-state index contributed by atoms with van der Waals surface area (Å²) in [4.78, 5) is 32.5. The average molecular weight is 192 g/mol. The first kappa shape index (κ1) is 12.3. The number of hydrogen-bond acceptors (Lipinski definition) is 3. The van der Waals surface area contributed by atoms with E-state index >= 15 is 0 Å². The van der Waals surface area contributed by atoms with Crippen molar-refractivity contribution in [3.05, 3.63) is 12.7 Å². The molecule has 1 saturated heterocycles. The van der Waals surface area contributed by atoms with E-state index in [4.69, 9.17) is 0 Å². The van der Waals surface area contributed by atoms with Gasteiger partial charge in [-0.1, -0.05) is 6.08 Å². The molecule has 1 fully saturated rings. The van der Waals surface area contributed by atoms with E-state index in [9.17, 15) is 14.4 Å². The van der Waals surface area contributed by atoms with Gasteiger partial charge in [-0.2, -0.15) is 0 Å². The Kier molecular flexibility index (Phi) is 4.90. The molecule has 0 aliphatic carbocycles. The number of rotatable bonds is 2. The van der Waals surface area contributed by atoms with Gasteiger partial charge in [0.25, 0.3) is 0 Å². The molecule has 0 saturated carbocycles. The van der Waals surface area contributed by atoms with Crippen LogP contribution in [0.3, 0.4) is 0 Å². The third-order valence-corrected chi connectivity index (χ3v) is 1.51. The molecule has 1 rings (SSSR count). The summed E-state index contributed by atoms with van der Waals surface area (Å²) in [5.41, 5.74) is 0. The summed E-state index contributed by atoms with van der Waals surface area (Å²) in [7, 11) is 0. The second-order valence-corrected chi connectivity index (χ2v) is 2.38. The summed E-state index contributed by atoms with van der Waals surface area (Å²) in [5.74, 6) is -1.95. The summed E-state index contributed by atoms with van der Waals surface area (Å²) < 4.78 is 0. The molecular formula is C7H9N2NaO3. The van der Waals surface area contributed by atoms with E-state index in [-0.39, 0.29) is 36.0 Å². The number of barbiturate groups is 1. The number of carbonyl (C=O) groups is 3. The van der Waals surface area contributed by atoms with Crippen molar-refractivity contribution in [2.24, 2.45) is 5.92 Å². The zero-order chi connectivity index (χ0) is 9.14. The molecule has 5 nitrogen and oxygen atoms in total. The molecule has 0 spiro atoms. The van der Waals surface area contributed by atoms with Crippen molar-refractivity contribution in [2.75, 3.05) is 0 Å². The number of urea groups is 1. The van der Waals surface area contributed by atoms with Crippen molar-refractivity contribution < 1.29 is 14.4 Å². The molecule has 1 aliphatic heterocycles. The van der Waals surface area contributed by atoms with Crippen LogP contribution in [0.25, 0.3) is 0 Å². The fourth-order valence-electron chi connectivity index (χ4n) is 0.929. The summed E-state index contributed by atoms with van der Waals surface area (Å²) in [6, 6.07) is -0.759. The topological polar surface area (TPSA) is 75.3 Å². The maximum absolute atomic E-state index is 11.0. The molecule has 0 aromatic rings. The Morgan fingerprint density at radius 1 is 1.23 bits per heavy atom. The zero-order valence-corrected chi connectivity index (χ0v) is 6.29. The van der Waals surface area contributed by atoms with Crippen LogP contribution in [0.1, 0.15) is 6.42 Å². The van der Waals surface area contributed by atoms with E-state index in [0.717, 1.165) is 0 Å². The van der Waals surface area contributed by atoms with Gasteiger partial charge in [0, 0.05) is 0 Å². The minimum absolute atomic E-state index is 0. The van der Waals surface area contributed by atoms with E-state index in [0.29, 0.717) is 0 Å². The van der Waals surface area contributed by atoms with Gasteiger partial charge in [-0.15, -0.1) is 6.58 Å². The van der Waals surface area contributed by atoms with Crippen molar-refractivity contribution >= 4 is 47.4 Å². The Morgan fingerprint density at radius 2 is 1.69 bits per heavy atom. The van der Waals surface area contributed by atoms with Crippen molar-refractivity contribution in [1.82, 2.24) is 10.6 Å². The molecular weight excluding hydrogens is 183 g/mol. The molecule has 13 heavy (non-hydrogen) atoms. The fraction of sp³-hybridized carbons (Fsp3) is 0.286. The Balaban J connectivity index is 0.00000144. The fourth-order valence-corrected chi connectivity index (χ4v) is 0.929. The molecule has 0 aromatic carbocycles.